The van der Waals surface area contributed by atoms with Gasteiger partial charge in [0.05, 0.1) is 11.0 Å². The summed E-state index contributed by atoms with van der Waals surface area (Å²) in [6.07, 6.45) is 2.44. The number of benzene rings is 1. The van der Waals surface area contributed by atoms with Gasteiger partial charge in [0.25, 0.3) is 0 Å². The molecule has 1 atom stereocenters. The van der Waals surface area contributed by atoms with Crippen molar-refractivity contribution < 1.29 is 26.7 Å². The summed E-state index contributed by atoms with van der Waals surface area (Å²) >= 11 is 0. The molecule has 4 rings (SSSR count). The first-order valence-corrected chi connectivity index (χ1v) is 9.98. The standard InChI is InChI=1S/C21H23F5N2O/c1-19(8-3-9-19)28-17-7-6-14(22)11-16(17)27-18(28)5-2-4-15(29)10-13-12-20(23,24)21(13,25)26/h6-7,11,13H,2-5,8-10,12H2,1H3. The number of aryl methyl sites for hydroxylation is 1. The van der Waals surface area contributed by atoms with Crippen molar-refractivity contribution in [2.75, 3.05) is 0 Å². The van der Waals surface area contributed by atoms with Gasteiger partial charge in [-0.05, 0) is 44.7 Å². The lowest BCUT2D eigenvalue weighted by Gasteiger charge is -2.43. The highest BCUT2D eigenvalue weighted by atomic mass is 19.3. The summed E-state index contributed by atoms with van der Waals surface area (Å²) in [5.41, 5.74) is 1.29. The van der Waals surface area contributed by atoms with E-state index in [1.54, 1.807) is 6.07 Å². The number of Topliss-reactive ketones (excluding diaryl/α,β-unsaturated/α-hetero) is 1. The van der Waals surface area contributed by atoms with Crippen LogP contribution in [0.4, 0.5) is 22.0 Å². The van der Waals surface area contributed by atoms with Crippen LogP contribution in [0.3, 0.4) is 0 Å². The molecule has 0 radical (unpaired) electrons. The molecule has 158 valence electrons. The van der Waals surface area contributed by atoms with Crippen LogP contribution < -0.4 is 0 Å². The van der Waals surface area contributed by atoms with E-state index in [0.29, 0.717) is 18.4 Å². The van der Waals surface area contributed by atoms with Crippen molar-refractivity contribution in [3.8, 4) is 0 Å². The third-order valence-corrected chi connectivity index (χ3v) is 6.49. The molecule has 0 saturated heterocycles. The number of fused-ring (bicyclic) bond motifs is 1. The number of halogens is 5. The van der Waals surface area contributed by atoms with Gasteiger partial charge in [-0.25, -0.2) is 9.37 Å². The normalized spacial score (nSPS) is 24.1. The second-order valence-electron chi connectivity index (χ2n) is 8.67. The number of carbonyl (C=O) groups is 1. The molecule has 29 heavy (non-hydrogen) atoms. The van der Waals surface area contributed by atoms with Gasteiger partial charge in [0.1, 0.15) is 17.4 Å². The Hall–Kier alpha value is -1.99. The summed E-state index contributed by atoms with van der Waals surface area (Å²) in [6, 6.07) is 4.47. The minimum atomic E-state index is -4.10. The number of rotatable bonds is 7. The van der Waals surface area contributed by atoms with Gasteiger partial charge in [-0.1, -0.05) is 0 Å². The predicted octanol–water partition coefficient (Wildman–Crippen LogP) is 5.65. The quantitative estimate of drug-likeness (QED) is 0.549. The Morgan fingerprint density at radius 1 is 1.24 bits per heavy atom. The number of ketones is 1. The molecule has 8 heteroatoms. The minimum Gasteiger partial charge on any atom is -0.322 e. The van der Waals surface area contributed by atoms with Gasteiger partial charge in [-0.3, -0.25) is 4.79 Å². The lowest BCUT2D eigenvalue weighted by molar-refractivity contribution is -0.313. The van der Waals surface area contributed by atoms with Crippen molar-refractivity contribution in [1.82, 2.24) is 9.55 Å². The smallest absolute Gasteiger partial charge is 0.313 e. The molecule has 2 aliphatic rings. The van der Waals surface area contributed by atoms with Gasteiger partial charge in [0, 0.05) is 43.2 Å². The van der Waals surface area contributed by atoms with Crippen LogP contribution in [0.25, 0.3) is 11.0 Å². The summed E-state index contributed by atoms with van der Waals surface area (Å²) in [4.78, 5) is 16.6. The van der Waals surface area contributed by atoms with Crippen LogP contribution in [0.5, 0.6) is 0 Å². The summed E-state index contributed by atoms with van der Waals surface area (Å²) in [6.45, 7) is 2.12. The Balaban J connectivity index is 1.42. The van der Waals surface area contributed by atoms with E-state index in [1.165, 1.54) is 12.1 Å². The third-order valence-electron chi connectivity index (χ3n) is 6.49. The molecule has 0 amide bonds. The van der Waals surface area contributed by atoms with Crippen molar-refractivity contribution >= 4 is 16.8 Å². The molecule has 0 bridgehead atoms. The molecule has 1 heterocycles. The van der Waals surface area contributed by atoms with Crippen molar-refractivity contribution in [2.24, 2.45) is 5.92 Å². The van der Waals surface area contributed by atoms with Crippen molar-refractivity contribution in [1.29, 1.82) is 0 Å². The van der Waals surface area contributed by atoms with Gasteiger partial charge in [-0.2, -0.15) is 17.6 Å². The molecular formula is C21H23F5N2O. The molecule has 2 saturated carbocycles. The van der Waals surface area contributed by atoms with Crippen molar-refractivity contribution in [3.05, 3.63) is 29.8 Å². The average Bonchev–Trinajstić information content (AvgIpc) is 2.96. The zero-order valence-electron chi connectivity index (χ0n) is 16.2. The first-order chi connectivity index (χ1) is 13.5. The Bertz CT molecular complexity index is 948. The number of imidazole rings is 1. The summed E-state index contributed by atoms with van der Waals surface area (Å²) in [5.74, 6) is -9.75. The van der Waals surface area contributed by atoms with E-state index in [0.717, 1.165) is 30.6 Å². The third kappa shape index (κ3) is 3.34. The molecule has 1 unspecified atom stereocenters. The topological polar surface area (TPSA) is 34.9 Å². The SMILES string of the molecule is CC1(n2c(CCCC(=O)CC3CC(F)(F)C3(F)F)nc3cc(F)ccc32)CCC1. The molecule has 1 aromatic carbocycles. The zero-order valence-corrected chi connectivity index (χ0v) is 16.2. The Kier molecular flexibility index (Phi) is 4.74. The van der Waals surface area contributed by atoms with Gasteiger partial charge < -0.3 is 4.57 Å². The van der Waals surface area contributed by atoms with Crippen LogP contribution in [-0.4, -0.2) is 27.2 Å². The second-order valence-corrected chi connectivity index (χ2v) is 8.67. The minimum absolute atomic E-state index is 0.0342. The van der Waals surface area contributed by atoms with Crippen molar-refractivity contribution in [2.45, 2.75) is 75.7 Å². The van der Waals surface area contributed by atoms with Crippen LogP contribution >= 0.6 is 0 Å². The number of aromatic nitrogens is 2. The molecule has 0 spiro atoms. The van der Waals surface area contributed by atoms with Gasteiger partial charge >= 0.3 is 11.8 Å². The fourth-order valence-corrected chi connectivity index (χ4v) is 4.55. The monoisotopic (exact) mass is 414 g/mol. The number of alkyl halides is 4. The van der Waals surface area contributed by atoms with E-state index < -0.39 is 36.4 Å². The van der Waals surface area contributed by atoms with E-state index in [-0.39, 0.29) is 17.8 Å². The highest BCUT2D eigenvalue weighted by Gasteiger charge is 2.71. The summed E-state index contributed by atoms with van der Waals surface area (Å²) < 4.78 is 68.3. The lowest BCUT2D eigenvalue weighted by atomic mass is 9.73. The largest absolute Gasteiger partial charge is 0.322 e. The second kappa shape index (κ2) is 6.77. The highest BCUT2D eigenvalue weighted by molar-refractivity contribution is 5.79. The fourth-order valence-electron chi connectivity index (χ4n) is 4.55. The number of hydrogen-bond acceptors (Lipinski definition) is 2. The van der Waals surface area contributed by atoms with Crippen LogP contribution in [0.2, 0.25) is 0 Å². The average molecular weight is 414 g/mol. The molecule has 0 N–H and O–H groups in total. The maximum atomic E-state index is 13.6. The molecule has 1 aromatic heterocycles. The van der Waals surface area contributed by atoms with E-state index in [4.69, 9.17) is 0 Å². The molecule has 2 fully saturated rings. The molecule has 2 aromatic rings. The Morgan fingerprint density at radius 3 is 2.55 bits per heavy atom. The molecule has 0 aliphatic heterocycles. The fraction of sp³-hybridized carbons (Fsp3) is 0.619. The lowest BCUT2D eigenvalue weighted by Crippen LogP contribution is -2.59. The summed E-state index contributed by atoms with van der Waals surface area (Å²) in [5, 5.41) is 0. The number of hydrogen-bond donors (Lipinski definition) is 0. The first-order valence-electron chi connectivity index (χ1n) is 9.98. The van der Waals surface area contributed by atoms with Crippen LogP contribution in [0.15, 0.2) is 18.2 Å². The van der Waals surface area contributed by atoms with Gasteiger partial charge in [0.2, 0.25) is 0 Å². The van der Waals surface area contributed by atoms with Crippen LogP contribution in [-0.2, 0) is 16.8 Å². The Labute approximate surface area is 165 Å². The van der Waals surface area contributed by atoms with E-state index >= 15 is 0 Å². The van der Waals surface area contributed by atoms with E-state index in [2.05, 4.69) is 16.5 Å². The predicted molar refractivity (Wildman–Crippen MR) is 97.8 cm³/mol. The number of nitrogens with zero attached hydrogens (tertiary/aromatic N) is 2. The highest BCUT2D eigenvalue weighted by Crippen LogP contribution is 2.56. The molecule has 3 nitrogen and oxygen atoms in total. The maximum absolute atomic E-state index is 13.6. The van der Waals surface area contributed by atoms with Gasteiger partial charge in [0.15, 0.2) is 0 Å². The van der Waals surface area contributed by atoms with Crippen LogP contribution in [0, 0.1) is 11.7 Å². The zero-order chi connectivity index (χ0) is 21.0. The van der Waals surface area contributed by atoms with Crippen molar-refractivity contribution in [3.63, 3.8) is 0 Å². The first kappa shape index (κ1) is 20.3. The van der Waals surface area contributed by atoms with E-state index in [9.17, 15) is 26.7 Å². The molecule has 2 aliphatic carbocycles. The summed E-state index contributed by atoms with van der Waals surface area (Å²) in [7, 11) is 0. The maximum Gasteiger partial charge on any atom is 0.313 e. The van der Waals surface area contributed by atoms with E-state index in [1.807, 2.05) is 0 Å². The van der Waals surface area contributed by atoms with Gasteiger partial charge in [-0.15, -0.1) is 0 Å². The van der Waals surface area contributed by atoms with Crippen LogP contribution in [0.1, 0.15) is 57.7 Å². The molecular weight excluding hydrogens is 391 g/mol. The Morgan fingerprint density at radius 2 is 1.97 bits per heavy atom. The number of carbonyl (C=O) groups excluding carboxylic acids is 1.